The monoisotopic (exact) mass is 336 g/mol. The lowest BCUT2D eigenvalue weighted by molar-refractivity contribution is 0.394. The summed E-state index contributed by atoms with van der Waals surface area (Å²) in [5.41, 5.74) is 2.68. The average molecular weight is 336 g/mol. The number of fused-ring (bicyclic) bond motifs is 1. The molecule has 2 aromatic heterocycles. The minimum absolute atomic E-state index is 0.472. The minimum atomic E-state index is 0.472. The van der Waals surface area contributed by atoms with Crippen molar-refractivity contribution in [1.82, 2.24) is 25.4 Å². The van der Waals surface area contributed by atoms with Gasteiger partial charge in [-0.15, -0.1) is 5.10 Å². The number of aromatic nitrogens is 5. The summed E-state index contributed by atoms with van der Waals surface area (Å²) >= 11 is 0. The van der Waals surface area contributed by atoms with Crippen LogP contribution in [0.15, 0.2) is 42.6 Å². The Kier molecular flexibility index (Phi) is 3.70. The molecule has 0 atom stereocenters. The number of ether oxygens (including phenoxy) is 2. The Balaban J connectivity index is 1.61. The average Bonchev–Trinajstić information content (AvgIpc) is 3.30. The summed E-state index contributed by atoms with van der Waals surface area (Å²) < 4.78 is 10.6. The van der Waals surface area contributed by atoms with E-state index in [1.807, 2.05) is 30.3 Å². The molecule has 0 spiro atoms. The maximum Gasteiger partial charge on any atom is 0.246 e. The van der Waals surface area contributed by atoms with Crippen LogP contribution in [-0.2, 0) is 0 Å². The minimum Gasteiger partial charge on any atom is -0.497 e. The van der Waals surface area contributed by atoms with Gasteiger partial charge in [-0.1, -0.05) is 0 Å². The van der Waals surface area contributed by atoms with Crippen LogP contribution >= 0.6 is 0 Å². The molecule has 4 rings (SSSR count). The molecule has 0 unspecified atom stereocenters. The van der Waals surface area contributed by atoms with Crippen LogP contribution in [0.25, 0.3) is 22.3 Å². The molecule has 25 heavy (non-hydrogen) atoms. The Morgan fingerprint density at radius 3 is 2.52 bits per heavy atom. The van der Waals surface area contributed by atoms with E-state index in [0.29, 0.717) is 23.3 Å². The Labute approximate surface area is 143 Å². The molecular formula is C17H16N6O2. The van der Waals surface area contributed by atoms with E-state index in [1.54, 1.807) is 26.5 Å². The van der Waals surface area contributed by atoms with Crippen molar-refractivity contribution in [3.05, 3.63) is 42.6 Å². The number of aromatic amines is 2. The lowest BCUT2D eigenvalue weighted by Gasteiger charge is -2.06. The van der Waals surface area contributed by atoms with E-state index >= 15 is 0 Å². The second-order valence-electron chi connectivity index (χ2n) is 5.41. The molecule has 0 fully saturated rings. The Bertz CT molecular complexity index is 1000. The molecule has 126 valence electrons. The van der Waals surface area contributed by atoms with Gasteiger partial charge >= 0.3 is 0 Å². The maximum absolute atomic E-state index is 5.29. The van der Waals surface area contributed by atoms with Gasteiger partial charge in [-0.3, -0.25) is 10.2 Å². The van der Waals surface area contributed by atoms with E-state index in [2.05, 4.69) is 30.7 Å². The normalized spacial score (nSPS) is 10.8. The highest BCUT2D eigenvalue weighted by Gasteiger charge is 2.10. The molecule has 0 saturated carbocycles. The topological polar surface area (TPSA) is 101 Å². The van der Waals surface area contributed by atoms with E-state index in [9.17, 15) is 0 Å². The van der Waals surface area contributed by atoms with Crippen molar-refractivity contribution in [1.29, 1.82) is 0 Å². The lowest BCUT2D eigenvalue weighted by Crippen LogP contribution is -1.92. The molecule has 3 N–H and O–H groups in total. The van der Waals surface area contributed by atoms with Crippen molar-refractivity contribution in [2.75, 3.05) is 19.5 Å². The predicted octanol–water partition coefficient (Wildman–Crippen LogP) is 3.11. The summed E-state index contributed by atoms with van der Waals surface area (Å²) in [5.74, 6) is 2.46. The van der Waals surface area contributed by atoms with E-state index in [1.165, 1.54) is 0 Å². The van der Waals surface area contributed by atoms with Crippen molar-refractivity contribution in [3.63, 3.8) is 0 Å². The summed E-state index contributed by atoms with van der Waals surface area (Å²) in [4.78, 5) is 4.48. The lowest BCUT2D eigenvalue weighted by atomic mass is 10.2. The Morgan fingerprint density at radius 1 is 0.960 bits per heavy atom. The second kappa shape index (κ2) is 6.16. The molecule has 2 aromatic carbocycles. The third-order valence-corrected chi connectivity index (χ3v) is 3.81. The first-order valence-electron chi connectivity index (χ1n) is 7.61. The van der Waals surface area contributed by atoms with Gasteiger partial charge in [0.15, 0.2) is 5.82 Å². The van der Waals surface area contributed by atoms with Gasteiger partial charge in [0.1, 0.15) is 11.5 Å². The number of nitrogens with one attached hydrogen (secondary N) is 3. The van der Waals surface area contributed by atoms with Crippen molar-refractivity contribution >= 4 is 22.5 Å². The first-order valence-corrected chi connectivity index (χ1v) is 7.61. The summed E-state index contributed by atoms with van der Waals surface area (Å²) in [7, 11) is 3.22. The number of methoxy groups -OCH3 is 2. The zero-order valence-electron chi connectivity index (χ0n) is 13.7. The van der Waals surface area contributed by atoms with Crippen molar-refractivity contribution in [2.24, 2.45) is 0 Å². The molecule has 0 aliphatic carbocycles. The quantitative estimate of drug-likeness (QED) is 0.518. The highest BCUT2D eigenvalue weighted by Crippen LogP contribution is 2.28. The van der Waals surface area contributed by atoms with Crippen LogP contribution in [0.2, 0.25) is 0 Å². The summed E-state index contributed by atoms with van der Waals surface area (Å²) in [6.07, 6.45) is 1.77. The molecule has 0 aliphatic heterocycles. The van der Waals surface area contributed by atoms with Gasteiger partial charge in [-0.2, -0.15) is 10.1 Å². The molecule has 0 bridgehead atoms. The van der Waals surface area contributed by atoms with Crippen LogP contribution in [0.1, 0.15) is 0 Å². The number of benzene rings is 2. The van der Waals surface area contributed by atoms with E-state index in [4.69, 9.17) is 9.47 Å². The molecule has 4 aromatic rings. The molecular weight excluding hydrogens is 320 g/mol. The van der Waals surface area contributed by atoms with Gasteiger partial charge in [-0.05, 0) is 30.3 Å². The van der Waals surface area contributed by atoms with E-state index in [-0.39, 0.29) is 0 Å². The molecule has 0 amide bonds. The number of nitrogens with zero attached hydrogens (tertiary/aromatic N) is 3. The maximum atomic E-state index is 5.29. The van der Waals surface area contributed by atoms with Crippen LogP contribution in [0.4, 0.5) is 11.6 Å². The van der Waals surface area contributed by atoms with Gasteiger partial charge in [-0.25, -0.2) is 0 Å². The predicted molar refractivity (Wildman–Crippen MR) is 94.3 cm³/mol. The number of rotatable bonds is 5. The van der Waals surface area contributed by atoms with Crippen LogP contribution in [-0.4, -0.2) is 39.6 Å². The summed E-state index contributed by atoms with van der Waals surface area (Å²) in [6.45, 7) is 0. The Morgan fingerprint density at radius 2 is 1.76 bits per heavy atom. The van der Waals surface area contributed by atoms with Crippen LogP contribution in [0.3, 0.4) is 0 Å². The molecule has 8 heteroatoms. The van der Waals surface area contributed by atoms with Crippen molar-refractivity contribution in [2.45, 2.75) is 0 Å². The molecule has 0 radical (unpaired) electrons. The van der Waals surface area contributed by atoms with Crippen LogP contribution < -0.4 is 14.8 Å². The van der Waals surface area contributed by atoms with Gasteiger partial charge in [0, 0.05) is 22.7 Å². The van der Waals surface area contributed by atoms with Crippen LogP contribution in [0.5, 0.6) is 11.5 Å². The zero-order valence-corrected chi connectivity index (χ0v) is 13.7. The molecule has 0 aliphatic rings. The van der Waals surface area contributed by atoms with Gasteiger partial charge in [0.05, 0.1) is 25.9 Å². The van der Waals surface area contributed by atoms with Gasteiger partial charge in [0.2, 0.25) is 5.95 Å². The van der Waals surface area contributed by atoms with Crippen molar-refractivity contribution < 1.29 is 9.47 Å². The molecule has 0 saturated heterocycles. The highest BCUT2D eigenvalue weighted by molar-refractivity contribution is 5.82. The van der Waals surface area contributed by atoms with E-state index in [0.717, 1.165) is 22.2 Å². The number of hydrogen-bond acceptors (Lipinski definition) is 6. The number of hydrogen-bond donors (Lipinski definition) is 3. The largest absolute Gasteiger partial charge is 0.497 e. The number of anilines is 2. The first-order chi connectivity index (χ1) is 12.2. The summed E-state index contributed by atoms with van der Waals surface area (Å²) in [5, 5.41) is 18.3. The fraction of sp³-hybridized carbons (Fsp3) is 0.118. The second-order valence-corrected chi connectivity index (χ2v) is 5.41. The van der Waals surface area contributed by atoms with Gasteiger partial charge in [0.25, 0.3) is 0 Å². The fourth-order valence-corrected chi connectivity index (χ4v) is 2.54. The van der Waals surface area contributed by atoms with E-state index < -0.39 is 0 Å². The Hall–Kier alpha value is -3.55. The fourth-order valence-electron chi connectivity index (χ4n) is 2.54. The van der Waals surface area contributed by atoms with Crippen LogP contribution in [0, 0.1) is 0 Å². The SMILES string of the molecule is COc1cc(OC)cc(-c2nc(Nc3ccc4[nH]ncc4c3)n[nH]2)c1. The zero-order chi connectivity index (χ0) is 17.2. The third-order valence-electron chi connectivity index (χ3n) is 3.81. The third kappa shape index (κ3) is 2.97. The summed E-state index contributed by atoms with van der Waals surface area (Å²) in [6, 6.07) is 11.4. The highest BCUT2D eigenvalue weighted by atomic mass is 16.5. The smallest absolute Gasteiger partial charge is 0.246 e. The van der Waals surface area contributed by atoms with Crippen molar-refractivity contribution in [3.8, 4) is 22.9 Å². The number of H-pyrrole nitrogens is 2. The first kappa shape index (κ1) is 15.0. The molecule has 2 heterocycles. The molecule has 8 nitrogen and oxygen atoms in total. The van der Waals surface area contributed by atoms with Gasteiger partial charge < -0.3 is 14.8 Å². The standard InChI is InChI=1S/C17H16N6O2/c1-24-13-6-10(7-14(8-13)25-2)16-20-17(23-22-16)19-12-3-4-15-11(5-12)9-18-21-15/h3-9H,1-2H3,(H,18,21)(H2,19,20,22,23).